The fourth-order valence-corrected chi connectivity index (χ4v) is 4.08. The SMILES string of the molecule is CN(Nc1nc2c(c(=O)n1N(C)C)CN(C(=O)c1c(F)cc(F)cc1F)CC2)c1ccc(C(F)(F)F)cc1. The lowest BCUT2D eigenvalue weighted by Crippen LogP contribution is -2.46. The van der Waals surface area contributed by atoms with Gasteiger partial charge in [-0.3, -0.25) is 20.0 Å². The van der Waals surface area contributed by atoms with Gasteiger partial charge in [0.15, 0.2) is 0 Å². The van der Waals surface area contributed by atoms with Gasteiger partial charge in [0, 0.05) is 46.2 Å². The van der Waals surface area contributed by atoms with Crippen molar-refractivity contribution in [2.45, 2.75) is 19.1 Å². The highest BCUT2D eigenvalue weighted by Crippen LogP contribution is 2.30. The quantitative estimate of drug-likeness (QED) is 0.395. The summed E-state index contributed by atoms with van der Waals surface area (Å²) in [7, 11) is 4.63. The van der Waals surface area contributed by atoms with Crippen molar-refractivity contribution in [1.82, 2.24) is 14.6 Å². The fraction of sp³-hybridized carbons (Fsp3) is 0.292. The number of alkyl halides is 3. The summed E-state index contributed by atoms with van der Waals surface area (Å²) in [6, 6.07) is 5.16. The third kappa shape index (κ3) is 5.10. The van der Waals surface area contributed by atoms with E-state index in [1.165, 1.54) is 29.2 Å². The second-order valence-electron chi connectivity index (χ2n) is 8.76. The van der Waals surface area contributed by atoms with Gasteiger partial charge in [0.05, 0.1) is 29.1 Å². The molecule has 0 saturated carbocycles. The van der Waals surface area contributed by atoms with Gasteiger partial charge in [0.25, 0.3) is 11.5 Å². The Labute approximate surface area is 212 Å². The van der Waals surface area contributed by atoms with Crippen molar-refractivity contribution in [2.24, 2.45) is 0 Å². The molecule has 0 aliphatic carbocycles. The number of halogens is 6. The monoisotopic (exact) mass is 540 g/mol. The van der Waals surface area contributed by atoms with Crippen LogP contribution in [0.5, 0.6) is 0 Å². The molecule has 0 fully saturated rings. The number of amides is 1. The van der Waals surface area contributed by atoms with E-state index in [0.717, 1.165) is 21.7 Å². The van der Waals surface area contributed by atoms with Gasteiger partial charge >= 0.3 is 6.18 Å². The molecule has 14 heteroatoms. The van der Waals surface area contributed by atoms with E-state index in [-0.39, 0.29) is 31.0 Å². The molecule has 2 heterocycles. The van der Waals surface area contributed by atoms with E-state index in [1.807, 2.05) is 0 Å². The maximum Gasteiger partial charge on any atom is 0.416 e. The Hall–Kier alpha value is -4.23. The van der Waals surface area contributed by atoms with E-state index in [0.29, 0.717) is 23.5 Å². The number of aromatic nitrogens is 2. The van der Waals surface area contributed by atoms with E-state index in [2.05, 4.69) is 10.4 Å². The average Bonchev–Trinajstić information content (AvgIpc) is 2.82. The van der Waals surface area contributed by atoms with Crippen LogP contribution in [-0.2, 0) is 19.1 Å². The van der Waals surface area contributed by atoms with Crippen molar-refractivity contribution in [2.75, 3.05) is 43.1 Å². The van der Waals surface area contributed by atoms with Gasteiger partial charge in [-0.25, -0.2) is 18.2 Å². The van der Waals surface area contributed by atoms with E-state index in [9.17, 15) is 35.9 Å². The molecule has 38 heavy (non-hydrogen) atoms. The molecular weight excluding hydrogens is 518 g/mol. The number of nitrogens with zero attached hydrogens (tertiary/aromatic N) is 5. The number of hydrogen-bond acceptors (Lipinski definition) is 6. The van der Waals surface area contributed by atoms with Gasteiger partial charge in [-0.1, -0.05) is 0 Å². The lowest BCUT2D eigenvalue weighted by molar-refractivity contribution is -0.137. The first-order chi connectivity index (χ1) is 17.8. The van der Waals surface area contributed by atoms with Crippen LogP contribution in [0.3, 0.4) is 0 Å². The molecular formula is C24H22F6N6O2. The molecule has 0 bridgehead atoms. The van der Waals surface area contributed by atoms with Crippen molar-refractivity contribution in [3.8, 4) is 0 Å². The molecule has 1 aliphatic rings. The number of anilines is 2. The van der Waals surface area contributed by atoms with Crippen LogP contribution < -0.4 is 21.0 Å². The first-order valence-corrected chi connectivity index (χ1v) is 11.2. The molecule has 0 unspecified atom stereocenters. The zero-order chi connectivity index (χ0) is 27.9. The molecule has 3 aromatic rings. The third-order valence-electron chi connectivity index (χ3n) is 5.97. The van der Waals surface area contributed by atoms with Gasteiger partial charge in [0.1, 0.15) is 23.0 Å². The molecule has 1 amide bonds. The number of carbonyl (C=O) groups is 1. The summed E-state index contributed by atoms with van der Waals surface area (Å²) in [5, 5.41) is 2.78. The van der Waals surface area contributed by atoms with Crippen molar-refractivity contribution in [3.63, 3.8) is 0 Å². The number of nitrogens with one attached hydrogen (secondary N) is 1. The van der Waals surface area contributed by atoms with E-state index in [1.54, 1.807) is 14.1 Å². The predicted octanol–water partition coefficient (Wildman–Crippen LogP) is 3.54. The minimum atomic E-state index is -4.49. The highest BCUT2D eigenvalue weighted by molar-refractivity contribution is 5.95. The van der Waals surface area contributed by atoms with Gasteiger partial charge in [-0.2, -0.15) is 17.8 Å². The Bertz CT molecular complexity index is 1420. The van der Waals surface area contributed by atoms with Crippen molar-refractivity contribution in [1.29, 1.82) is 0 Å². The number of benzene rings is 2. The standard InChI is InChI=1S/C24H22F6N6O2/c1-33(2)36-21(37)16-12-35(22(38)20-17(26)10-14(25)11-18(20)27)9-8-19(16)31-23(36)32-34(3)15-6-4-13(5-7-15)24(28,29)30/h4-7,10-11H,8-9,12H2,1-3H3,(H,31,32). The van der Waals surface area contributed by atoms with Crippen molar-refractivity contribution in [3.05, 3.63) is 86.6 Å². The molecule has 0 saturated heterocycles. The summed E-state index contributed by atoms with van der Waals surface area (Å²) in [6.07, 6.45) is -4.41. The third-order valence-corrected chi connectivity index (χ3v) is 5.97. The van der Waals surface area contributed by atoms with E-state index in [4.69, 9.17) is 0 Å². The first kappa shape index (κ1) is 26.8. The fourth-order valence-electron chi connectivity index (χ4n) is 4.08. The molecule has 0 atom stereocenters. The minimum Gasteiger partial charge on any atom is -0.333 e. The lowest BCUT2D eigenvalue weighted by atomic mass is 10.0. The van der Waals surface area contributed by atoms with Crippen LogP contribution in [-0.4, -0.2) is 48.2 Å². The van der Waals surface area contributed by atoms with Crippen LogP contribution in [0.25, 0.3) is 0 Å². The molecule has 0 radical (unpaired) electrons. The molecule has 4 rings (SSSR count). The van der Waals surface area contributed by atoms with Crippen LogP contribution in [0, 0.1) is 17.5 Å². The number of hydrazine groups is 1. The second-order valence-corrected chi connectivity index (χ2v) is 8.76. The van der Waals surface area contributed by atoms with Gasteiger partial charge in [-0.05, 0) is 24.3 Å². The van der Waals surface area contributed by atoms with Crippen LogP contribution in [0.1, 0.15) is 27.2 Å². The highest BCUT2D eigenvalue weighted by atomic mass is 19.4. The zero-order valence-electron chi connectivity index (χ0n) is 20.4. The molecule has 1 aromatic heterocycles. The summed E-state index contributed by atoms with van der Waals surface area (Å²) in [6.45, 7) is -0.312. The average molecular weight is 540 g/mol. The Morgan fingerprint density at radius 1 is 1.03 bits per heavy atom. The number of hydrogen-bond donors (Lipinski definition) is 1. The van der Waals surface area contributed by atoms with Crippen LogP contribution in [0.2, 0.25) is 0 Å². The lowest BCUT2D eigenvalue weighted by Gasteiger charge is -2.31. The maximum atomic E-state index is 14.2. The van der Waals surface area contributed by atoms with Gasteiger partial charge in [-0.15, -0.1) is 0 Å². The Morgan fingerprint density at radius 3 is 2.18 bits per heavy atom. The Morgan fingerprint density at radius 2 is 1.63 bits per heavy atom. The summed E-state index contributed by atoms with van der Waals surface area (Å²) in [5.41, 5.74) is 1.38. The first-order valence-electron chi connectivity index (χ1n) is 11.2. The number of carbonyl (C=O) groups excluding carboxylic acids is 1. The van der Waals surface area contributed by atoms with Crippen LogP contribution >= 0.6 is 0 Å². The Kier molecular flexibility index (Phi) is 7.00. The van der Waals surface area contributed by atoms with Crippen LogP contribution in [0.4, 0.5) is 38.0 Å². The molecule has 1 aliphatic heterocycles. The maximum absolute atomic E-state index is 14.2. The smallest absolute Gasteiger partial charge is 0.333 e. The predicted molar refractivity (Wildman–Crippen MR) is 127 cm³/mol. The summed E-state index contributed by atoms with van der Waals surface area (Å²) >= 11 is 0. The summed E-state index contributed by atoms with van der Waals surface area (Å²) < 4.78 is 81.4. The van der Waals surface area contributed by atoms with E-state index < -0.39 is 46.2 Å². The van der Waals surface area contributed by atoms with Crippen molar-refractivity contribution >= 4 is 17.5 Å². The van der Waals surface area contributed by atoms with Gasteiger partial charge < -0.3 is 9.91 Å². The largest absolute Gasteiger partial charge is 0.416 e. The molecule has 2 aromatic carbocycles. The highest BCUT2D eigenvalue weighted by Gasteiger charge is 2.32. The molecule has 1 N–H and O–H groups in total. The molecule has 8 nitrogen and oxygen atoms in total. The summed E-state index contributed by atoms with van der Waals surface area (Å²) in [5.74, 6) is -4.86. The zero-order valence-corrected chi connectivity index (χ0v) is 20.4. The van der Waals surface area contributed by atoms with Crippen molar-refractivity contribution < 1.29 is 31.1 Å². The van der Waals surface area contributed by atoms with Crippen LogP contribution in [0.15, 0.2) is 41.2 Å². The number of rotatable bonds is 5. The summed E-state index contributed by atoms with van der Waals surface area (Å²) in [4.78, 5) is 31.8. The number of fused-ring (bicyclic) bond motifs is 1. The molecule has 0 spiro atoms. The minimum absolute atomic E-state index is 0.0192. The Balaban J connectivity index is 1.63. The second kappa shape index (κ2) is 9.91. The molecule has 202 valence electrons. The van der Waals surface area contributed by atoms with Gasteiger partial charge in [0.2, 0.25) is 5.95 Å². The van der Waals surface area contributed by atoms with E-state index >= 15 is 0 Å². The topological polar surface area (TPSA) is 73.7 Å². The normalized spacial score (nSPS) is 13.2.